The molecule has 1 aromatic carbocycles. The van der Waals surface area contributed by atoms with Gasteiger partial charge in [-0.15, -0.1) is 0 Å². The summed E-state index contributed by atoms with van der Waals surface area (Å²) in [6.07, 6.45) is 0. The van der Waals surface area contributed by atoms with Gasteiger partial charge in [0.25, 0.3) is 5.91 Å². The fraction of sp³-hybridized carbons (Fsp3) is 0.417. The molecule has 1 rings (SSSR count). The Balaban J connectivity index is 2.68. The van der Waals surface area contributed by atoms with Gasteiger partial charge in [0.15, 0.2) is 0 Å². The number of alkyl halides is 1. The minimum Gasteiger partial charge on any atom is -0.508 e. The molecule has 1 aromatic rings. The van der Waals surface area contributed by atoms with Crippen LogP contribution in [0.5, 0.6) is 5.75 Å². The molecule has 0 spiro atoms. The van der Waals surface area contributed by atoms with Gasteiger partial charge in [-0.3, -0.25) is 4.79 Å². The van der Waals surface area contributed by atoms with E-state index in [9.17, 15) is 4.79 Å². The number of nitrogens with one attached hydrogen (secondary N) is 1. The van der Waals surface area contributed by atoms with Crippen LogP contribution in [0.15, 0.2) is 24.3 Å². The van der Waals surface area contributed by atoms with Gasteiger partial charge in [-0.25, -0.2) is 0 Å². The summed E-state index contributed by atoms with van der Waals surface area (Å²) in [6.45, 7) is 4.17. The van der Waals surface area contributed by atoms with Gasteiger partial charge in [0.2, 0.25) is 0 Å². The molecule has 16 heavy (non-hydrogen) atoms. The van der Waals surface area contributed by atoms with Gasteiger partial charge in [0.05, 0.1) is 0 Å². The van der Waals surface area contributed by atoms with Crippen molar-refractivity contribution in [2.75, 3.05) is 4.43 Å². The third-order valence-electron chi connectivity index (χ3n) is 2.42. The second kappa shape index (κ2) is 6.08. The first-order valence-corrected chi connectivity index (χ1v) is 6.73. The lowest BCUT2D eigenvalue weighted by molar-refractivity contribution is 0.0932. The number of rotatable bonds is 4. The molecule has 0 heterocycles. The smallest absolute Gasteiger partial charge is 0.251 e. The van der Waals surface area contributed by atoms with Crippen molar-refractivity contribution in [3.63, 3.8) is 0 Å². The molecular formula is C12H16INO2. The van der Waals surface area contributed by atoms with E-state index in [1.807, 2.05) is 0 Å². The predicted octanol–water partition coefficient (Wildman–Crippen LogP) is 2.58. The van der Waals surface area contributed by atoms with E-state index in [1.165, 1.54) is 12.1 Å². The van der Waals surface area contributed by atoms with Crippen molar-refractivity contribution >= 4 is 28.5 Å². The maximum atomic E-state index is 11.8. The average Bonchev–Trinajstić information content (AvgIpc) is 2.26. The third-order valence-corrected chi connectivity index (χ3v) is 3.37. The van der Waals surface area contributed by atoms with Crippen LogP contribution in [0, 0.1) is 5.92 Å². The molecule has 0 saturated heterocycles. The van der Waals surface area contributed by atoms with E-state index in [0.717, 1.165) is 4.43 Å². The molecular weight excluding hydrogens is 317 g/mol. The number of carbonyl (C=O) groups is 1. The molecule has 0 fully saturated rings. The number of amides is 1. The fourth-order valence-electron chi connectivity index (χ4n) is 1.25. The van der Waals surface area contributed by atoms with Crippen LogP contribution in [0.3, 0.4) is 0 Å². The Morgan fingerprint density at radius 1 is 1.38 bits per heavy atom. The number of hydrogen-bond acceptors (Lipinski definition) is 2. The molecule has 1 amide bonds. The lowest BCUT2D eigenvalue weighted by Gasteiger charge is -2.19. The third kappa shape index (κ3) is 3.66. The van der Waals surface area contributed by atoms with Crippen LogP contribution >= 0.6 is 22.6 Å². The lowest BCUT2D eigenvalue weighted by Crippen LogP contribution is -2.39. The van der Waals surface area contributed by atoms with Gasteiger partial charge in [0, 0.05) is 16.0 Å². The average molecular weight is 333 g/mol. The van der Waals surface area contributed by atoms with Crippen molar-refractivity contribution in [1.29, 1.82) is 0 Å². The molecule has 88 valence electrons. The molecule has 0 bridgehead atoms. The Kier molecular flexibility index (Phi) is 5.05. The van der Waals surface area contributed by atoms with E-state index in [-0.39, 0.29) is 17.7 Å². The van der Waals surface area contributed by atoms with Crippen molar-refractivity contribution in [3.8, 4) is 5.75 Å². The van der Waals surface area contributed by atoms with Gasteiger partial charge in [-0.2, -0.15) is 0 Å². The largest absolute Gasteiger partial charge is 0.508 e. The van der Waals surface area contributed by atoms with E-state index in [4.69, 9.17) is 5.11 Å². The highest BCUT2D eigenvalue weighted by Crippen LogP contribution is 2.11. The lowest BCUT2D eigenvalue weighted by atomic mass is 10.1. The van der Waals surface area contributed by atoms with Crippen LogP contribution < -0.4 is 5.32 Å². The Labute approximate surface area is 109 Å². The van der Waals surface area contributed by atoms with E-state index in [0.29, 0.717) is 11.5 Å². The summed E-state index contributed by atoms with van der Waals surface area (Å²) in [7, 11) is 0. The minimum absolute atomic E-state index is 0.0876. The summed E-state index contributed by atoms with van der Waals surface area (Å²) in [5.41, 5.74) is 0.577. The molecule has 4 heteroatoms. The van der Waals surface area contributed by atoms with E-state index in [2.05, 4.69) is 41.8 Å². The number of hydrogen-bond donors (Lipinski definition) is 2. The number of benzene rings is 1. The van der Waals surface area contributed by atoms with Crippen molar-refractivity contribution in [3.05, 3.63) is 29.8 Å². The van der Waals surface area contributed by atoms with Gasteiger partial charge < -0.3 is 10.4 Å². The van der Waals surface area contributed by atoms with E-state index in [1.54, 1.807) is 12.1 Å². The molecule has 0 aliphatic heterocycles. The molecule has 0 saturated carbocycles. The second-order valence-corrected chi connectivity index (χ2v) is 4.91. The van der Waals surface area contributed by atoms with Crippen LogP contribution in [0.2, 0.25) is 0 Å². The van der Waals surface area contributed by atoms with Crippen LogP contribution in [-0.2, 0) is 0 Å². The number of halogens is 1. The Bertz CT molecular complexity index is 349. The van der Waals surface area contributed by atoms with E-state index >= 15 is 0 Å². The molecule has 0 aromatic heterocycles. The van der Waals surface area contributed by atoms with E-state index < -0.39 is 0 Å². The predicted molar refractivity (Wildman–Crippen MR) is 73.1 cm³/mol. The van der Waals surface area contributed by atoms with Crippen molar-refractivity contribution in [2.24, 2.45) is 5.92 Å². The Morgan fingerprint density at radius 3 is 2.38 bits per heavy atom. The zero-order valence-corrected chi connectivity index (χ0v) is 11.6. The first-order valence-electron chi connectivity index (χ1n) is 5.20. The number of phenols is 1. The van der Waals surface area contributed by atoms with Crippen LogP contribution in [-0.4, -0.2) is 21.5 Å². The van der Waals surface area contributed by atoms with Crippen LogP contribution in [0.1, 0.15) is 24.2 Å². The van der Waals surface area contributed by atoms with Crippen LogP contribution in [0.25, 0.3) is 0 Å². The monoisotopic (exact) mass is 333 g/mol. The summed E-state index contributed by atoms with van der Waals surface area (Å²) in [6, 6.07) is 6.46. The number of phenolic OH excluding ortho intramolecular Hbond substituents is 1. The molecule has 3 nitrogen and oxygen atoms in total. The van der Waals surface area contributed by atoms with Gasteiger partial charge in [0.1, 0.15) is 5.75 Å². The number of aromatic hydroxyl groups is 1. The van der Waals surface area contributed by atoms with Crippen molar-refractivity contribution in [2.45, 2.75) is 19.9 Å². The van der Waals surface area contributed by atoms with Gasteiger partial charge in [-0.05, 0) is 30.2 Å². The molecule has 0 radical (unpaired) electrons. The summed E-state index contributed by atoms with van der Waals surface area (Å²) < 4.78 is 0.888. The van der Waals surface area contributed by atoms with Crippen LogP contribution in [0.4, 0.5) is 0 Å². The minimum atomic E-state index is -0.0876. The first kappa shape index (κ1) is 13.3. The maximum absolute atomic E-state index is 11.8. The first-order chi connectivity index (χ1) is 7.54. The highest BCUT2D eigenvalue weighted by molar-refractivity contribution is 14.1. The highest BCUT2D eigenvalue weighted by Gasteiger charge is 2.15. The van der Waals surface area contributed by atoms with Crippen molar-refractivity contribution in [1.82, 2.24) is 5.32 Å². The molecule has 1 unspecified atom stereocenters. The molecule has 0 aliphatic carbocycles. The molecule has 2 N–H and O–H groups in total. The maximum Gasteiger partial charge on any atom is 0.251 e. The zero-order valence-electron chi connectivity index (χ0n) is 9.40. The SMILES string of the molecule is CC(C)C(CI)NC(=O)c1ccc(O)cc1. The fourth-order valence-corrected chi connectivity index (χ4v) is 2.49. The Morgan fingerprint density at radius 2 is 1.94 bits per heavy atom. The standard InChI is InChI=1S/C12H16INO2/c1-8(2)11(7-13)14-12(16)9-3-5-10(15)6-4-9/h3-6,8,11,15H,7H2,1-2H3,(H,14,16). The summed E-state index contributed by atoms with van der Waals surface area (Å²) in [5.74, 6) is 0.499. The van der Waals surface area contributed by atoms with Gasteiger partial charge >= 0.3 is 0 Å². The summed E-state index contributed by atoms with van der Waals surface area (Å²) in [4.78, 5) is 11.8. The van der Waals surface area contributed by atoms with Gasteiger partial charge in [-0.1, -0.05) is 36.4 Å². The Hall–Kier alpha value is -0.780. The molecule has 1 atom stereocenters. The normalized spacial score (nSPS) is 12.5. The second-order valence-electron chi connectivity index (χ2n) is 4.03. The zero-order chi connectivity index (χ0) is 12.1. The molecule has 0 aliphatic rings. The summed E-state index contributed by atoms with van der Waals surface area (Å²) in [5, 5.41) is 12.1. The quantitative estimate of drug-likeness (QED) is 0.657. The summed E-state index contributed by atoms with van der Waals surface area (Å²) >= 11 is 2.27. The highest BCUT2D eigenvalue weighted by atomic mass is 127. The number of carbonyl (C=O) groups excluding carboxylic acids is 1. The van der Waals surface area contributed by atoms with Crippen molar-refractivity contribution < 1.29 is 9.90 Å². The topological polar surface area (TPSA) is 49.3 Å².